The molecule has 2 rings (SSSR count). The lowest BCUT2D eigenvalue weighted by Gasteiger charge is -2.04. The van der Waals surface area contributed by atoms with E-state index in [2.05, 4.69) is 32.3 Å². The van der Waals surface area contributed by atoms with Crippen LogP contribution in [0.2, 0.25) is 5.02 Å². The van der Waals surface area contributed by atoms with Crippen molar-refractivity contribution in [3.8, 4) is 0 Å². The van der Waals surface area contributed by atoms with Gasteiger partial charge in [-0.3, -0.25) is 0 Å². The third kappa shape index (κ3) is 3.30. The summed E-state index contributed by atoms with van der Waals surface area (Å²) >= 11 is 9.56. The summed E-state index contributed by atoms with van der Waals surface area (Å²) < 4.78 is 1.81. The molecule has 2 aromatic rings. The molecule has 17 heavy (non-hydrogen) atoms. The first kappa shape index (κ1) is 12.6. The van der Waals surface area contributed by atoms with E-state index in [0.29, 0.717) is 6.54 Å². The molecule has 1 aromatic carbocycles. The number of benzene rings is 1. The third-order valence-electron chi connectivity index (χ3n) is 2.48. The van der Waals surface area contributed by atoms with Gasteiger partial charge in [-0.05, 0) is 24.1 Å². The number of alkyl halides is 1. The predicted molar refractivity (Wildman–Crippen MR) is 72.8 cm³/mol. The van der Waals surface area contributed by atoms with E-state index in [1.54, 1.807) is 0 Å². The molecular formula is C12H13BrClN3. The second-order valence-electron chi connectivity index (χ2n) is 3.94. The average Bonchev–Trinajstić information content (AvgIpc) is 2.71. The molecule has 0 radical (unpaired) electrons. The molecule has 0 spiro atoms. The molecule has 1 heterocycles. The lowest BCUT2D eigenvalue weighted by Crippen LogP contribution is -2.01. The van der Waals surface area contributed by atoms with Crippen LogP contribution in [0.25, 0.3) is 0 Å². The van der Waals surface area contributed by atoms with Crippen LogP contribution in [0.3, 0.4) is 0 Å². The summed E-state index contributed by atoms with van der Waals surface area (Å²) in [5, 5.41) is 9.85. The zero-order valence-corrected chi connectivity index (χ0v) is 11.9. The molecule has 5 heteroatoms. The van der Waals surface area contributed by atoms with Crippen molar-refractivity contribution in [2.24, 2.45) is 0 Å². The summed E-state index contributed by atoms with van der Waals surface area (Å²) in [6, 6.07) is 6.05. The summed E-state index contributed by atoms with van der Waals surface area (Å²) in [5.74, 6) is 0. The largest absolute Gasteiger partial charge is 0.248 e. The number of aromatic nitrogens is 3. The number of nitrogens with zero attached hydrogens (tertiary/aromatic N) is 3. The van der Waals surface area contributed by atoms with Crippen LogP contribution in [0.1, 0.15) is 16.8 Å². The van der Waals surface area contributed by atoms with Crippen LogP contribution < -0.4 is 0 Å². The van der Waals surface area contributed by atoms with E-state index in [1.165, 1.54) is 0 Å². The van der Waals surface area contributed by atoms with E-state index in [-0.39, 0.29) is 0 Å². The van der Waals surface area contributed by atoms with Gasteiger partial charge in [0, 0.05) is 23.0 Å². The number of rotatable bonds is 4. The smallest absolute Gasteiger partial charge is 0.0835 e. The van der Waals surface area contributed by atoms with Gasteiger partial charge < -0.3 is 0 Å². The van der Waals surface area contributed by atoms with Crippen molar-refractivity contribution in [2.75, 3.05) is 5.33 Å². The van der Waals surface area contributed by atoms with Gasteiger partial charge in [0.25, 0.3) is 0 Å². The van der Waals surface area contributed by atoms with Gasteiger partial charge in [-0.15, -0.1) is 5.10 Å². The Balaban J connectivity index is 2.13. The van der Waals surface area contributed by atoms with Crippen molar-refractivity contribution in [1.82, 2.24) is 15.0 Å². The molecule has 0 atom stereocenters. The molecule has 0 unspecified atom stereocenters. The Hall–Kier alpha value is -0.870. The SMILES string of the molecule is Cc1ccc(Cn2cc(CCBr)nn2)c(Cl)c1. The van der Waals surface area contributed by atoms with Crippen LogP contribution >= 0.6 is 27.5 Å². The Morgan fingerprint density at radius 1 is 1.41 bits per heavy atom. The quantitative estimate of drug-likeness (QED) is 0.811. The van der Waals surface area contributed by atoms with Gasteiger partial charge in [-0.2, -0.15) is 0 Å². The van der Waals surface area contributed by atoms with Gasteiger partial charge in [-0.1, -0.05) is 44.9 Å². The molecule has 90 valence electrons. The molecule has 0 aliphatic carbocycles. The minimum absolute atomic E-state index is 0.661. The van der Waals surface area contributed by atoms with E-state index in [9.17, 15) is 0 Å². The number of aryl methyl sites for hydroxylation is 2. The molecule has 0 amide bonds. The number of hydrogen-bond donors (Lipinski definition) is 0. The lowest BCUT2D eigenvalue weighted by molar-refractivity contribution is 0.649. The average molecular weight is 315 g/mol. The fourth-order valence-electron chi connectivity index (χ4n) is 1.58. The summed E-state index contributed by atoms with van der Waals surface area (Å²) in [7, 11) is 0. The molecule has 0 aliphatic rings. The van der Waals surface area contributed by atoms with Crippen molar-refractivity contribution in [3.05, 3.63) is 46.2 Å². The van der Waals surface area contributed by atoms with Gasteiger partial charge in [0.05, 0.1) is 12.2 Å². The minimum atomic E-state index is 0.661. The van der Waals surface area contributed by atoms with E-state index in [0.717, 1.165) is 33.6 Å². The maximum atomic E-state index is 6.18. The predicted octanol–water partition coefficient (Wildman–Crippen LogP) is 3.23. The van der Waals surface area contributed by atoms with Gasteiger partial charge in [0.1, 0.15) is 0 Å². The zero-order chi connectivity index (χ0) is 12.3. The summed E-state index contributed by atoms with van der Waals surface area (Å²) in [6.45, 7) is 2.69. The fourth-order valence-corrected chi connectivity index (χ4v) is 2.28. The topological polar surface area (TPSA) is 30.7 Å². The molecule has 0 bridgehead atoms. The Bertz CT molecular complexity index is 510. The third-order valence-corrected chi connectivity index (χ3v) is 3.23. The van der Waals surface area contributed by atoms with Crippen molar-refractivity contribution < 1.29 is 0 Å². The highest BCUT2D eigenvalue weighted by Crippen LogP contribution is 2.18. The van der Waals surface area contributed by atoms with Crippen LogP contribution in [0.4, 0.5) is 0 Å². The van der Waals surface area contributed by atoms with Crippen LogP contribution in [-0.4, -0.2) is 20.3 Å². The first-order chi connectivity index (χ1) is 8.19. The van der Waals surface area contributed by atoms with E-state index >= 15 is 0 Å². The molecule has 3 nitrogen and oxygen atoms in total. The highest BCUT2D eigenvalue weighted by molar-refractivity contribution is 9.09. The Morgan fingerprint density at radius 3 is 2.94 bits per heavy atom. The minimum Gasteiger partial charge on any atom is -0.248 e. The highest BCUT2D eigenvalue weighted by Gasteiger charge is 2.04. The van der Waals surface area contributed by atoms with Crippen molar-refractivity contribution >= 4 is 27.5 Å². The first-order valence-corrected chi connectivity index (χ1v) is 6.89. The monoisotopic (exact) mass is 313 g/mol. The molecule has 0 saturated carbocycles. The molecule has 0 N–H and O–H groups in total. The summed E-state index contributed by atoms with van der Waals surface area (Å²) in [6.07, 6.45) is 2.85. The normalized spacial score (nSPS) is 10.8. The van der Waals surface area contributed by atoms with E-state index in [4.69, 9.17) is 11.6 Å². The lowest BCUT2D eigenvalue weighted by atomic mass is 10.1. The van der Waals surface area contributed by atoms with Crippen LogP contribution in [0.5, 0.6) is 0 Å². The second-order valence-corrected chi connectivity index (χ2v) is 5.14. The van der Waals surface area contributed by atoms with Crippen LogP contribution in [0, 0.1) is 6.92 Å². The molecule has 0 saturated heterocycles. The van der Waals surface area contributed by atoms with E-state index < -0.39 is 0 Å². The standard InChI is InChI=1S/C12H13BrClN3/c1-9-2-3-10(12(14)6-9)7-17-8-11(4-5-13)15-16-17/h2-3,6,8H,4-5,7H2,1H3. The van der Waals surface area contributed by atoms with Crippen LogP contribution in [-0.2, 0) is 13.0 Å². The van der Waals surface area contributed by atoms with Crippen molar-refractivity contribution in [3.63, 3.8) is 0 Å². The molecular weight excluding hydrogens is 302 g/mol. The van der Waals surface area contributed by atoms with Gasteiger partial charge >= 0.3 is 0 Å². The summed E-state index contributed by atoms with van der Waals surface area (Å²) in [5.41, 5.74) is 3.22. The highest BCUT2D eigenvalue weighted by atomic mass is 79.9. The Morgan fingerprint density at radius 2 is 2.24 bits per heavy atom. The van der Waals surface area contributed by atoms with Gasteiger partial charge in [0.15, 0.2) is 0 Å². The fraction of sp³-hybridized carbons (Fsp3) is 0.333. The molecule has 0 fully saturated rings. The van der Waals surface area contributed by atoms with Crippen molar-refractivity contribution in [2.45, 2.75) is 19.9 Å². The maximum Gasteiger partial charge on any atom is 0.0835 e. The first-order valence-electron chi connectivity index (χ1n) is 5.39. The Kier molecular flexibility index (Phi) is 4.18. The van der Waals surface area contributed by atoms with Crippen molar-refractivity contribution in [1.29, 1.82) is 0 Å². The zero-order valence-electron chi connectivity index (χ0n) is 9.53. The number of hydrogen-bond acceptors (Lipinski definition) is 2. The Labute approximate surface area is 114 Å². The second kappa shape index (κ2) is 5.65. The van der Waals surface area contributed by atoms with E-state index in [1.807, 2.05) is 29.9 Å². The number of halogens is 2. The van der Waals surface area contributed by atoms with Crippen LogP contribution in [0.15, 0.2) is 24.4 Å². The molecule has 0 aliphatic heterocycles. The summed E-state index contributed by atoms with van der Waals surface area (Å²) in [4.78, 5) is 0. The molecule has 1 aromatic heterocycles. The maximum absolute atomic E-state index is 6.18. The van der Waals surface area contributed by atoms with Gasteiger partial charge in [0.2, 0.25) is 0 Å². The van der Waals surface area contributed by atoms with Gasteiger partial charge in [-0.25, -0.2) is 4.68 Å².